The van der Waals surface area contributed by atoms with Crippen molar-refractivity contribution in [3.05, 3.63) is 118 Å². The van der Waals surface area contributed by atoms with Crippen LogP contribution in [0.5, 0.6) is 0 Å². The molecule has 1 saturated heterocycles. The number of aromatic nitrogens is 3. The number of benzene rings is 3. The van der Waals surface area contributed by atoms with Crippen molar-refractivity contribution in [3.63, 3.8) is 0 Å². The predicted octanol–water partition coefficient (Wildman–Crippen LogP) is 5.41. The Labute approximate surface area is 280 Å². The normalized spacial score (nSPS) is 18.0. The number of halogens is 1. The van der Waals surface area contributed by atoms with Gasteiger partial charge in [-0.3, -0.25) is 14.5 Å². The number of piperazine rings is 1. The number of anilines is 1. The van der Waals surface area contributed by atoms with Gasteiger partial charge in [0.15, 0.2) is 22.2 Å². The third-order valence-corrected chi connectivity index (χ3v) is 10.2. The first-order chi connectivity index (χ1) is 22.9. The highest BCUT2D eigenvalue weighted by atomic mass is 35.5. The molecule has 0 N–H and O–H groups in total. The number of allylic oxidation sites excluding steroid dienone is 4. The number of thiol groups is 1. The maximum absolute atomic E-state index is 13.1. The van der Waals surface area contributed by atoms with E-state index in [1.165, 1.54) is 11.3 Å². The molecule has 1 aromatic heterocycles. The summed E-state index contributed by atoms with van der Waals surface area (Å²) in [6.07, 6.45) is 7.59. The van der Waals surface area contributed by atoms with E-state index in [2.05, 4.69) is 44.4 Å². The minimum atomic E-state index is -2.67. The van der Waals surface area contributed by atoms with E-state index in [1.807, 2.05) is 42.5 Å². The largest absolute Gasteiger partial charge is 0.369 e. The van der Waals surface area contributed by atoms with Crippen LogP contribution in [0.4, 0.5) is 5.69 Å². The highest BCUT2D eigenvalue weighted by Gasteiger charge is 2.41. The van der Waals surface area contributed by atoms with Crippen LogP contribution in [-0.4, -0.2) is 66.1 Å². The molecule has 1 unspecified atom stereocenters. The summed E-state index contributed by atoms with van der Waals surface area (Å²) in [5.74, 6) is -0.694. The monoisotopic (exact) mass is 667 g/mol. The molecule has 1 aliphatic heterocycles. The predicted molar refractivity (Wildman–Crippen MR) is 182 cm³/mol. The van der Waals surface area contributed by atoms with Crippen molar-refractivity contribution in [3.8, 4) is 11.1 Å². The van der Waals surface area contributed by atoms with Crippen molar-refractivity contribution in [1.29, 1.82) is 0 Å². The molecule has 1 fully saturated rings. The zero-order valence-corrected chi connectivity index (χ0v) is 27.4. The summed E-state index contributed by atoms with van der Waals surface area (Å²) in [6, 6.07) is 21.6. The summed E-state index contributed by atoms with van der Waals surface area (Å²) in [5.41, 5.74) is 6.42. The lowest BCUT2D eigenvalue weighted by Gasteiger charge is -2.36. The third kappa shape index (κ3) is 6.45. The van der Waals surface area contributed by atoms with Crippen molar-refractivity contribution in [2.75, 3.05) is 31.1 Å². The molecular weight excluding hydrogens is 634 g/mol. The van der Waals surface area contributed by atoms with E-state index in [0.29, 0.717) is 40.7 Å². The highest BCUT2D eigenvalue weighted by Crippen LogP contribution is 2.33. The van der Waals surface area contributed by atoms with Gasteiger partial charge in [0.05, 0.1) is 10.8 Å². The Kier molecular flexibility index (Phi) is 8.90. The number of hydrogen-bond donors (Lipinski definition) is 1. The first-order valence-corrected chi connectivity index (χ1v) is 17.4. The van der Waals surface area contributed by atoms with Crippen LogP contribution >= 0.6 is 11.6 Å². The van der Waals surface area contributed by atoms with Crippen molar-refractivity contribution < 1.29 is 18.0 Å². The summed E-state index contributed by atoms with van der Waals surface area (Å²) >= 11 is 6.10. The topological polar surface area (TPSA) is 105 Å². The van der Waals surface area contributed by atoms with Gasteiger partial charge in [0.2, 0.25) is 5.78 Å². The standard InChI is InChI=1S/C36H34ClN5O4S/c37-27-11-9-25(10-12-27)30-16-15-29(47(45)46)22-26(30)23-40-18-20-41(21-19-40)28-13-7-24(8-14-28)4-3-17-42-34-33(38-39-42)35(43)31-5-1-2-6-32(31)36(34)44/h1-2,6-16,22,31,47H,3-5,17-21,23H2. The lowest BCUT2D eigenvalue weighted by Crippen LogP contribution is -2.46. The average molecular weight is 668 g/mol. The van der Waals surface area contributed by atoms with Gasteiger partial charge in [-0.2, -0.15) is 0 Å². The molecule has 0 radical (unpaired) electrons. The van der Waals surface area contributed by atoms with Crippen molar-refractivity contribution in [2.45, 2.75) is 37.2 Å². The molecule has 3 aliphatic rings. The molecule has 2 heterocycles. The number of aryl methyl sites for hydroxylation is 2. The Hall–Kier alpha value is -4.38. The van der Waals surface area contributed by atoms with Gasteiger partial charge in [0.25, 0.3) is 0 Å². The van der Waals surface area contributed by atoms with Crippen LogP contribution in [0.25, 0.3) is 11.1 Å². The number of carbonyl (C=O) groups is 2. The van der Waals surface area contributed by atoms with Crippen LogP contribution in [0, 0.1) is 5.92 Å². The number of ketones is 2. The molecule has 47 heavy (non-hydrogen) atoms. The Bertz CT molecular complexity index is 1970. The van der Waals surface area contributed by atoms with Gasteiger partial charge in [-0.15, -0.1) is 5.10 Å². The lowest BCUT2D eigenvalue weighted by molar-refractivity contribution is 0.0874. The molecule has 11 heteroatoms. The second kappa shape index (κ2) is 13.4. The highest BCUT2D eigenvalue weighted by molar-refractivity contribution is 7.72. The molecule has 9 nitrogen and oxygen atoms in total. The Morgan fingerprint density at radius 1 is 0.915 bits per heavy atom. The molecule has 7 rings (SSSR count). The fourth-order valence-corrected chi connectivity index (χ4v) is 7.30. The van der Waals surface area contributed by atoms with Gasteiger partial charge in [0, 0.05) is 55.6 Å². The number of nitrogens with zero attached hydrogens (tertiary/aromatic N) is 5. The van der Waals surface area contributed by atoms with Crippen LogP contribution in [0.1, 0.15) is 44.9 Å². The smallest absolute Gasteiger partial charge is 0.210 e. The third-order valence-electron chi connectivity index (χ3n) is 9.28. The van der Waals surface area contributed by atoms with Gasteiger partial charge >= 0.3 is 0 Å². The Balaban J connectivity index is 0.945. The van der Waals surface area contributed by atoms with Gasteiger partial charge < -0.3 is 4.90 Å². The number of Topliss-reactive ketones (excluding diaryl/α,β-unsaturated/α-hetero) is 2. The van der Waals surface area contributed by atoms with E-state index < -0.39 is 16.6 Å². The Morgan fingerprint density at radius 2 is 1.68 bits per heavy atom. The fourth-order valence-electron chi connectivity index (χ4n) is 6.72. The number of rotatable bonds is 9. The van der Waals surface area contributed by atoms with Crippen molar-refractivity contribution in [2.24, 2.45) is 5.92 Å². The molecule has 4 aromatic rings. The average Bonchev–Trinajstić information content (AvgIpc) is 3.53. The molecule has 0 amide bonds. The minimum Gasteiger partial charge on any atom is -0.369 e. The molecule has 0 saturated carbocycles. The zero-order valence-electron chi connectivity index (χ0n) is 25.7. The molecule has 0 spiro atoms. The van der Waals surface area contributed by atoms with Crippen LogP contribution in [0.15, 0.2) is 95.4 Å². The number of carbonyl (C=O) groups excluding carboxylic acids is 2. The fraction of sp³-hybridized carbons (Fsp3) is 0.278. The van der Waals surface area contributed by atoms with Crippen LogP contribution in [-0.2, 0) is 30.2 Å². The van der Waals surface area contributed by atoms with E-state index in [4.69, 9.17) is 11.6 Å². The van der Waals surface area contributed by atoms with Gasteiger partial charge in [-0.25, -0.2) is 13.1 Å². The quantitative estimate of drug-likeness (QED) is 0.237. The van der Waals surface area contributed by atoms with E-state index in [-0.39, 0.29) is 17.3 Å². The number of fused-ring (bicyclic) bond motifs is 2. The van der Waals surface area contributed by atoms with Crippen LogP contribution in [0.2, 0.25) is 5.02 Å². The number of hydrogen-bond acceptors (Lipinski definition) is 8. The second-order valence-electron chi connectivity index (χ2n) is 12.2. The van der Waals surface area contributed by atoms with Gasteiger partial charge in [-0.1, -0.05) is 65.4 Å². The van der Waals surface area contributed by atoms with E-state index in [0.717, 1.165) is 55.7 Å². The first kappa shape index (κ1) is 31.2. The summed E-state index contributed by atoms with van der Waals surface area (Å²) < 4.78 is 25.1. The molecule has 2 aliphatic carbocycles. The lowest BCUT2D eigenvalue weighted by atomic mass is 9.78. The van der Waals surface area contributed by atoms with Crippen LogP contribution in [0.3, 0.4) is 0 Å². The van der Waals surface area contributed by atoms with E-state index in [9.17, 15) is 18.0 Å². The molecule has 0 bridgehead atoms. The minimum absolute atomic E-state index is 0.118. The maximum Gasteiger partial charge on any atom is 0.210 e. The SMILES string of the molecule is O=C1C2=CC=CCC2C(=O)c2nnn(CCCc3ccc(N4CCN(Cc5cc([SH](=O)=O)ccc5-c5ccc(Cl)cc5)CC4)cc3)c21. The Morgan fingerprint density at radius 3 is 2.43 bits per heavy atom. The molecule has 1 atom stereocenters. The summed E-state index contributed by atoms with van der Waals surface area (Å²) in [4.78, 5) is 31.1. The zero-order chi connectivity index (χ0) is 32.5. The van der Waals surface area contributed by atoms with Gasteiger partial charge in [0.1, 0.15) is 5.69 Å². The van der Waals surface area contributed by atoms with Crippen LogP contribution < -0.4 is 4.90 Å². The van der Waals surface area contributed by atoms with Crippen molar-refractivity contribution >= 4 is 39.6 Å². The van der Waals surface area contributed by atoms with Crippen molar-refractivity contribution in [1.82, 2.24) is 19.9 Å². The molecule has 240 valence electrons. The van der Waals surface area contributed by atoms with E-state index >= 15 is 0 Å². The first-order valence-electron chi connectivity index (χ1n) is 15.8. The summed E-state index contributed by atoms with van der Waals surface area (Å²) in [5, 5.41) is 8.91. The maximum atomic E-state index is 13.1. The molecule has 3 aromatic carbocycles. The summed E-state index contributed by atoms with van der Waals surface area (Å²) in [7, 11) is -2.67. The second-order valence-corrected chi connectivity index (χ2v) is 13.6. The van der Waals surface area contributed by atoms with Gasteiger partial charge in [-0.05, 0) is 77.9 Å². The molecular formula is C36H34ClN5O4S. The van der Waals surface area contributed by atoms with E-state index in [1.54, 1.807) is 22.9 Å². The summed E-state index contributed by atoms with van der Waals surface area (Å²) in [6.45, 7) is 4.60.